The summed E-state index contributed by atoms with van der Waals surface area (Å²) in [5, 5.41) is 2.80. The lowest BCUT2D eigenvalue weighted by Gasteiger charge is -2.27. The number of nitrogens with zero attached hydrogens (tertiary/aromatic N) is 5. The first-order valence-corrected chi connectivity index (χ1v) is 12.1. The molecular formula is C25H19ClF4N6O. The first kappa shape index (κ1) is 23.8. The minimum absolute atomic E-state index is 0.0353. The van der Waals surface area contributed by atoms with Crippen molar-refractivity contribution in [1.82, 2.24) is 24.3 Å². The summed E-state index contributed by atoms with van der Waals surface area (Å²) in [6, 6.07) is 4.36. The molecule has 7 nitrogen and oxygen atoms in total. The fourth-order valence-electron chi connectivity index (χ4n) is 5.13. The Balaban J connectivity index is 1.40. The predicted octanol–water partition coefficient (Wildman–Crippen LogP) is 5.51. The number of aromatic nitrogens is 5. The molecule has 2 aliphatic rings. The molecule has 1 saturated carbocycles. The number of hydrogen-bond acceptors (Lipinski definition) is 5. The molecule has 12 heteroatoms. The summed E-state index contributed by atoms with van der Waals surface area (Å²) in [7, 11) is 0. The van der Waals surface area contributed by atoms with Crippen molar-refractivity contribution in [2.24, 2.45) is 5.92 Å². The summed E-state index contributed by atoms with van der Waals surface area (Å²) in [5.74, 6) is -0.480. The second-order valence-corrected chi connectivity index (χ2v) is 9.73. The normalized spacial score (nSPS) is 19.3. The largest absolute Gasteiger partial charge is 0.389 e. The molecule has 37 heavy (non-hydrogen) atoms. The predicted molar refractivity (Wildman–Crippen MR) is 127 cm³/mol. The summed E-state index contributed by atoms with van der Waals surface area (Å²) < 4.78 is 54.1. The Hall–Kier alpha value is -3.60. The molecule has 1 fully saturated rings. The first-order chi connectivity index (χ1) is 17.7. The minimum Gasteiger partial charge on any atom is -0.309 e. The zero-order chi connectivity index (χ0) is 25.9. The smallest absolute Gasteiger partial charge is 0.309 e. The third-order valence-electron chi connectivity index (χ3n) is 6.91. The maximum Gasteiger partial charge on any atom is 0.389 e. The molecule has 4 heterocycles. The van der Waals surface area contributed by atoms with Gasteiger partial charge in [-0.25, -0.2) is 24.3 Å². The average Bonchev–Trinajstić information content (AvgIpc) is 3.49. The first-order valence-electron chi connectivity index (χ1n) is 11.7. The molecule has 3 aromatic heterocycles. The Morgan fingerprint density at radius 2 is 2.00 bits per heavy atom. The van der Waals surface area contributed by atoms with Gasteiger partial charge in [0, 0.05) is 36.8 Å². The van der Waals surface area contributed by atoms with Crippen LogP contribution in [0.15, 0.2) is 43.0 Å². The van der Waals surface area contributed by atoms with Gasteiger partial charge in [-0.05, 0) is 49.3 Å². The van der Waals surface area contributed by atoms with E-state index in [-0.39, 0.29) is 35.5 Å². The van der Waals surface area contributed by atoms with Gasteiger partial charge in [0.05, 0.1) is 10.7 Å². The second-order valence-electron chi connectivity index (χ2n) is 9.32. The van der Waals surface area contributed by atoms with Crippen LogP contribution in [0.5, 0.6) is 0 Å². The number of imidazole rings is 1. The lowest BCUT2D eigenvalue weighted by Crippen LogP contribution is -2.38. The number of benzene rings is 1. The van der Waals surface area contributed by atoms with Crippen LogP contribution in [0.1, 0.15) is 42.5 Å². The van der Waals surface area contributed by atoms with Crippen LogP contribution in [-0.4, -0.2) is 36.4 Å². The Morgan fingerprint density at radius 3 is 2.73 bits per heavy atom. The molecule has 1 N–H and O–H groups in total. The van der Waals surface area contributed by atoms with E-state index in [2.05, 4.69) is 25.3 Å². The summed E-state index contributed by atoms with van der Waals surface area (Å²) in [6.07, 6.45) is 2.71. The Morgan fingerprint density at radius 1 is 1.19 bits per heavy atom. The number of hydrogen-bond donors (Lipinski definition) is 1. The zero-order valence-electron chi connectivity index (χ0n) is 19.2. The summed E-state index contributed by atoms with van der Waals surface area (Å²) in [4.78, 5) is 31.2. The molecule has 4 aromatic rings. The molecule has 1 unspecified atom stereocenters. The molecule has 1 aliphatic carbocycles. The molecule has 0 bridgehead atoms. The minimum atomic E-state index is -4.26. The van der Waals surface area contributed by atoms with E-state index in [1.807, 2.05) is 0 Å². The van der Waals surface area contributed by atoms with E-state index in [4.69, 9.17) is 11.6 Å². The SMILES string of the molecule is O=C1Nc2nc(-c3cn4ccnc4c(CCCC(F)(F)F)n3)ncc2C1(c1ccc(Cl)c(F)c1)C1CC1. The second kappa shape index (κ2) is 8.47. The maximum atomic E-state index is 14.4. The maximum absolute atomic E-state index is 14.4. The number of amides is 1. The number of halogens is 5. The monoisotopic (exact) mass is 530 g/mol. The van der Waals surface area contributed by atoms with Gasteiger partial charge in [-0.3, -0.25) is 4.79 Å². The average molecular weight is 531 g/mol. The van der Waals surface area contributed by atoms with Crippen molar-refractivity contribution in [2.45, 2.75) is 43.7 Å². The topological polar surface area (TPSA) is 85.1 Å². The van der Waals surface area contributed by atoms with Crippen LogP contribution in [0.25, 0.3) is 17.2 Å². The highest BCUT2D eigenvalue weighted by Gasteiger charge is 2.58. The summed E-state index contributed by atoms with van der Waals surface area (Å²) in [6.45, 7) is 0. The Kier molecular flexibility index (Phi) is 5.45. The van der Waals surface area contributed by atoms with Crippen LogP contribution in [0.2, 0.25) is 5.02 Å². The lowest BCUT2D eigenvalue weighted by molar-refractivity contribution is -0.135. The van der Waals surface area contributed by atoms with Gasteiger partial charge < -0.3 is 9.72 Å². The lowest BCUT2D eigenvalue weighted by atomic mass is 9.72. The van der Waals surface area contributed by atoms with E-state index in [0.717, 1.165) is 12.8 Å². The highest BCUT2D eigenvalue weighted by Crippen LogP contribution is 2.56. The van der Waals surface area contributed by atoms with E-state index in [9.17, 15) is 22.4 Å². The van der Waals surface area contributed by atoms with Crippen molar-refractivity contribution in [3.63, 3.8) is 0 Å². The third-order valence-corrected chi connectivity index (χ3v) is 7.22. The van der Waals surface area contributed by atoms with Crippen molar-refractivity contribution in [1.29, 1.82) is 0 Å². The van der Waals surface area contributed by atoms with Crippen molar-refractivity contribution >= 4 is 29.0 Å². The van der Waals surface area contributed by atoms with Crippen LogP contribution in [0.4, 0.5) is 23.4 Å². The van der Waals surface area contributed by atoms with Gasteiger partial charge in [0.15, 0.2) is 11.5 Å². The number of carbonyl (C=O) groups excluding carboxylic acids is 1. The molecule has 190 valence electrons. The number of carbonyl (C=O) groups is 1. The molecule has 1 aliphatic heterocycles. The van der Waals surface area contributed by atoms with Crippen molar-refractivity contribution in [2.75, 3.05) is 5.32 Å². The standard InChI is InChI=1S/C25H19ClF4N6O/c26-16-6-5-14(10-17(16)27)25(13-3-4-13)15-11-32-21(34-20(15)35-23(25)37)19-12-36-9-8-31-22(36)18(33-19)2-1-7-24(28,29)30/h5-6,8-13H,1-4,7H2,(H,32,34,35,37). The van der Waals surface area contributed by atoms with E-state index in [1.54, 1.807) is 29.1 Å². The van der Waals surface area contributed by atoms with Gasteiger partial charge in [-0.15, -0.1) is 0 Å². The molecule has 1 aromatic carbocycles. The molecule has 0 saturated heterocycles. The van der Waals surface area contributed by atoms with Gasteiger partial charge in [0.1, 0.15) is 22.7 Å². The number of alkyl halides is 3. The Labute approximate surface area is 212 Å². The van der Waals surface area contributed by atoms with E-state index >= 15 is 0 Å². The fourth-order valence-corrected chi connectivity index (χ4v) is 5.25. The van der Waals surface area contributed by atoms with Crippen LogP contribution in [0.3, 0.4) is 0 Å². The van der Waals surface area contributed by atoms with Gasteiger partial charge in [-0.1, -0.05) is 17.7 Å². The zero-order valence-corrected chi connectivity index (χ0v) is 19.9. The molecule has 1 atom stereocenters. The number of anilines is 1. The molecular weight excluding hydrogens is 512 g/mol. The molecule has 0 spiro atoms. The summed E-state index contributed by atoms with van der Waals surface area (Å²) >= 11 is 5.88. The number of nitrogens with one attached hydrogen (secondary N) is 1. The van der Waals surface area contributed by atoms with E-state index in [1.165, 1.54) is 18.3 Å². The van der Waals surface area contributed by atoms with E-state index in [0.29, 0.717) is 34.0 Å². The van der Waals surface area contributed by atoms with Crippen LogP contribution in [0, 0.1) is 11.7 Å². The molecule has 1 amide bonds. The van der Waals surface area contributed by atoms with Crippen molar-refractivity contribution < 1.29 is 22.4 Å². The van der Waals surface area contributed by atoms with Crippen molar-refractivity contribution in [3.05, 3.63) is 70.6 Å². The Bertz CT molecular complexity index is 1550. The quantitative estimate of drug-likeness (QED) is 0.332. The van der Waals surface area contributed by atoms with Crippen molar-refractivity contribution in [3.8, 4) is 11.5 Å². The highest BCUT2D eigenvalue weighted by molar-refractivity contribution is 6.30. The van der Waals surface area contributed by atoms with Crippen LogP contribution >= 0.6 is 11.6 Å². The van der Waals surface area contributed by atoms with Gasteiger partial charge in [-0.2, -0.15) is 13.2 Å². The van der Waals surface area contributed by atoms with Gasteiger partial charge in [0.25, 0.3) is 0 Å². The summed E-state index contributed by atoms with van der Waals surface area (Å²) in [5.41, 5.74) is 1.06. The number of rotatable bonds is 6. The van der Waals surface area contributed by atoms with Crippen LogP contribution in [-0.2, 0) is 16.6 Å². The number of fused-ring (bicyclic) bond motifs is 2. The van der Waals surface area contributed by atoms with Gasteiger partial charge >= 0.3 is 6.18 Å². The number of aryl methyl sites for hydroxylation is 1. The molecule has 0 radical (unpaired) electrons. The fraction of sp³-hybridized carbons (Fsp3) is 0.320. The third kappa shape index (κ3) is 4.01. The molecule has 6 rings (SSSR count). The highest BCUT2D eigenvalue weighted by atomic mass is 35.5. The van der Waals surface area contributed by atoms with E-state index < -0.39 is 23.8 Å². The van der Waals surface area contributed by atoms with Gasteiger partial charge in [0.2, 0.25) is 5.91 Å². The van der Waals surface area contributed by atoms with Crippen LogP contribution < -0.4 is 5.32 Å².